The molecule has 1 N–H and O–H groups in total. The van der Waals surface area contributed by atoms with Crippen LogP contribution in [0.15, 0.2) is 96.1 Å². The molecule has 4 heterocycles. The number of fused-ring (bicyclic) bond motifs is 2. The van der Waals surface area contributed by atoms with Crippen molar-refractivity contribution in [3.05, 3.63) is 123 Å². The number of halogens is 1. The Morgan fingerprint density at radius 3 is 2.53 bits per heavy atom. The van der Waals surface area contributed by atoms with Crippen molar-refractivity contribution in [1.29, 1.82) is 0 Å². The number of ether oxygens (including phenoxy) is 3. The molecule has 1 fully saturated rings. The Morgan fingerprint density at radius 1 is 1.00 bits per heavy atom. The Labute approximate surface area is 314 Å². The third-order valence-corrected chi connectivity index (χ3v) is 15.7. The molecule has 276 valence electrons. The van der Waals surface area contributed by atoms with Crippen molar-refractivity contribution in [3.63, 3.8) is 0 Å². The lowest BCUT2D eigenvalue weighted by atomic mass is 9.82. The summed E-state index contributed by atoms with van der Waals surface area (Å²) in [6.45, 7) is 7.65. The summed E-state index contributed by atoms with van der Waals surface area (Å²) in [5.74, 6) is 0.683. The fourth-order valence-electron chi connectivity index (χ4n) is 8.47. The van der Waals surface area contributed by atoms with Gasteiger partial charge in [-0.25, -0.2) is 0 Å². The van der Waals surface area contributed by atoms with E-state index < -0.39 is 13.7 Å². The molecule has 0 radical (unpaired) electrons. The Hall–Kier alpha value is -4.75. The Kier molecular flexibility index (Phi) is 10.1. The normalized spacial score (nSPS) is 21.0. The van der Waals surface area contributed by atoms with Gasteiger partial charge in [0, 0.05) is 54.2 Å². The molecule has 0 aliphatic carbocycles. The van der Waals surface area contributed by atoms with E-state index in [1.165, 1.54) is 16.9 Å². The molecule has 1 spiro atoms. The van der Waals surface area contributed by atoms with Crippen molar-refractivity contribution < 1.29 is 24.1 Å². The maximum atomic E-state index is 15.2. The minimum atomic E-state index is -2.37. The van der Waals surface area contributed by atoms with Gasteiger partial charge in [0.15, 0.2) is 11.4 Å². The summed E-state index contributed by atoms with van der Waals surface area (Å²) >= 11 is 6.71. The Bertz CT molecular complexity index is 2190. The Morgan fingerprint density at radius 2 is 1.79 bits per heavy atom. The first-order chi connectivity index (χ1) is 25.5. The number of anilines is 1. The van der Waals surface area contributed by atoms with Crippen LogP contribution >= 0.6 is 11.6 Å². The third kappa shape index (κ3) is 6.47. The number of aryl methyl sites for hydroxylation is 1. The van der Waals surface area contributed by atoms with Crippen molar-refractivity contribution in [2.75, 3.05) is 25.7 Å². The number of hydrogen-bond acceptors (Lipinski definition) is 8. The maximum Gasteiger partial charge on any atom is 0.297 e. The van der Waals surface area contributed by atoms with Crippen LogP contribution in [0.3, 0.4) is 0 Å². The van der Waals surface area contributed by atoms with Crippen LogP contribution in [0.5, 0.6) is 11.5 Å². The second-order valence-electron chi connectivity index (χ2n) is 14.4. The van der Waals surface area contributed by atoms with E-state index in [4.69, 9.17) is 25.8 Å². The number of carbonyl (C=O) groups excluding carboxylic acids is 1. The summed E-state index contributed by atoms with van der Waals surface area (Å²) in [7, 11) is 0.764. The molecule has 0 saturated carbocycles. The summed E-state index contributed by atoms with van der Waals surface area (Å²) < 4.78 is 21.3. The standard InChI is InChI=1S/C40H44ClN5O6Si/c1-26-37(53(4,5)32-14-12-31(50-2)13-15-32)35(17-20-44-25-29(18-21-47)42-43-44)52-40(26)33-23-28(41)11-16-34(33)46(39(40)49)24-27-8-6-9-30(22-27)45-19-7-10-36(51-3)38(45)48/h6-16,19,22-23,25-26,35,37,47H,17-18,20-21,24H2,1-5H3/t26-,35+,37-,40+/m0/s1. The van der Waals surface area contributed by atoms with Gasteiger partial charge in [0.1, 0.15) is 5.75 Å². The molecule has 7 rings (SSSR count). The van der Waals surface area contributed by atoms with Gasteiger partial charge in [-0.1, -0.05) is 66.3 Å². The third-order valence-electron chi connectivity index (χ3n) is 11.1. The second-order valence-corrected chi connectivity index (χ2v) is 19.5. The fourth-order valence-corrected chi connectivity index (χ4v) is 12.7. The molecular weight excluding hydrogens is 710 g/mol. The van der Waals surface area contributed by atoms with Crippen molar-refractivity contribution >= 4 is 36.5 Å². The van der Waals surface area contributed by atoms with Crippen LogP contribution in [-0.2, 0) is 34.6 Å². The summed E-state index contributed by atoms with van der Waals surface area (Å²) in [5, 5.41) is 19.7. The molecule has 1 amide bonds. The first-order valence-corrected chi connectivity index (χ1v) is 21.3. The number of pyridine rings is 1. The van der Waals surface area contributed by atoms with Gasteiger partial charge in [-0.2, -0.15) is 0 Å². The molecule has 1 saturated heterocycles. The van der Waals surface area contributed by atoms with Crippen LogP contribution < -0.4 is 25.1 Å². The molecule has 5 aromatic rings. The molecule has 53 heavy (non-hydrogen) atoms. The number of aliphatic hydroxyl groups is 1. The van der Waals surface area contributed by atoms with E-state index in [0.717, 1.165) is 28.3 Å². The van der Waals surface area contributed by atoms with E-state index in [2.05, 4.69) is 42.5 Å². The van der Waals surface area contributed by atoms with E-state index in [-0.39, 0.29) is 47.9 Å². The van der Waals surface area contributed by atoms with Crippen molar-refractivity contribution in [3.8, 4) is 17.2 Å². The molecule has 13 heteroatoms. The first-order valence-electron chi connectivity index (χ1n) is 17.8. The van der Waals surface area contributed by atoms with Crippen molar-refractivity contribution in [2.24, 2.45) is 5.92 Å². The van der Waals surface area contributed by atoms with Crippen LogP contribution in [0.2, 0.25) is 23.7 Å². The SMILES string of the molecule is COc1ccc([Si](C)(C)[C@@H]2[C@@H](CCn3cc(CCO)nn3)O[C@]3(C(=O)N(Cc4cccc(-n5cccc(OC)c5=O)c4)c4ccc(Cl)cc43)[C@H]2C)cc1. The summed E-state index contributed by atoms with van der Waals surface area (Å²) in [5.41, 5.74) is 2.22. The molecule has 2 aliphatic heterocycles. The van der Waals surface area contributed by atoms with E-state index in [1.807, 2.05) is 60.8 Å². The zero-order chi connectivity index (χ0) is 37.5. The largest absolute Gasteiger partial charge is 0.497 e. The van der Waals surface area contributed by atoms with E-state index in [9.17, 15) is 9.90 Å². The van der Waals surface area contributed by atoms with Gasteiger partial charge >= 0.3 is 0 Å². The predicted molar refractivity (Wildman–Crippen MR) is 206 cm³/mol. The van der Waals surface area contributed by atoms with Crippen LogP contribution in [0, 0.1) is 5.92 Å². The Balaban J connectivity index is 1.28. The zero-order valence-electron chi connectivity index (χ0n) is 30.5. The van der Waals surface area contributed by atoms with Crippen LogP contribution in [-0.4, -0.2) is 65.6 Å². The number of methoxy groups -OCH3 is 2. The highest BCUT2D eigenvalue weighted by Gasteiger charge is 2.66. The van der Waals surface area contributed by atoms with Crippen LogP contribution in [0.25, 0.3) is 5.69 Å². The molecule has 0 bridgehead atoms. The number of benzene rings is 3. The molecule has 4 atom stereocenters. The number of rotatable bonds is 12. The minimum Gasteiger partial charge on any atom is -0.497 e. The molecule has 0 unspecified atom stereocenters. The van der Waals surface area contributed by atoms with Gasteiger partial charge in [-0.3, -0.25) is 18.8 Å². The van der Waals surface area contributed by atoms with Crippen LogP contribution in [0.1, 0.15) is 30.2 Å². The monoisotopic (exact) mass is 753 g/mol. The summed E-state index contributed by atoms with van der Waals surface area (Å²) in [6.07, 6.45) is 4.30. The van der Waals surface area contributed by atoms with Gasteiger partial charge in [0.05, 0.1) is 46.3 Å². The highest BCUT2D eigenvalue weighted by molar-refractivity contribution is 6.91. The molecule has 2 aromatic heterocycles. The molecule has 2 aliphatic rings. The van der Waals surface area contributed by atoms with Gasteiger partial charge in [-0.05, 0) is 72.1 Å². The van der Waals surface area contributed by atoms with Gasteiger partial charge in [0.25, 0.3) is 11.5 Å². The molecular formula is C40H44ClN5O6Si. The van der Waals surface area contributed by atoms with Crippen LogP contribution in [0.4, 0.5) is 5.69 Å². The second kappa shape index (κ2) is 14.6. The zero-order valence-corrected chi connectivity index (χ0v) is 32.3. The highest BCUT2D eigenvalue weighted by Crippen LogP contribution is 2.60. The number of amides is 1. The van der Waals surface area contributed by atoms with Crippen molar-refractivity contribution in [1.82, 2.24) is 19.6 Å². The van der Waals surface area contributed by atoms with Gasteiger partial charge in [-0.15, -0.1) is 5.10 Å². The average Bonchev–Trinajstić information content (AvgIpc) is 3.80. The average molecular weight is 754 g/mol. The number of carbonyl (C=O) groups is 1. The summed E-state index contributed by atoms with van der Waals surface area (Å²) in [6, 6.07) is 24.9. The summed E-state index contributed by atoms with van der Waals surface area (Å²) in [4.78, 5) is 30.1. The smallest absolute Gasteiger partial charge is 0.297 e. The van der Waals surface area contributed by atoms with E-state index >= 15 is 4.79 Å². The predicted octanol–water partition coefficient (Wildman–Crippen LogP) is 5.49. The van der Waals surface area contributed by atoms with Gasteiger partial charge in [0.2, 0.25) is 0 Å². The number of aliphatic hydroxyl groups excluding tert-OH is 1. The highest BCUT2D eigenvalue weighted by atomic mass is 35.5. The number of nitrogens with zero attached hydrogens (tertiary/aromatic N) is 5. The van der Waals surface area contributed by atoms with Gasteiger partial charge < -0.3 is 24.2 Å². The lowest BCUT2D eigenvalue weighted by molar-refractivity contribution is -0.146. The number of aromatic nitrogens is 4. The first kappa shape index (κ1) is 36.6. The molecule has 11 nitrogen and oxygen atoms in total. The lowest BCUT2D eigenvalue weighted by Gasteiger charge is -2.37. The maximum absolute atomic E-state index is 15.2. The van der Waals surface area contributed by atoms with E-state index in [0.29, 0.717) is 30.1 Å². The van der Waals surface area contributed by atoms with Crippen molar-refractivity contribution in [2.45, 2.75) is 63.2 Å². The quantitative estimate of drug-likeness (QED) is 0.166. The fraction of sp³-hybridized carbons (Fsp3) is 0.350. The minimum absolute atomic E-state index is 0.00141. The lowest BCUT2D eigenvalue weighted by Crippen LogP contribution is -2.51. The molecule has 3 aromatic carbocycles. The topological polar surface area (TPSA) is 121 Å². The van der Waals surface area contributed by atoms with E-state index in [1.54, 1.807) is 35.0 Å². The number of hydrogen-bond donors (Lipinski definition) is 1.